The molecule has 0 radical (unpaired) electrons. The molecular weight excluding hydrogens is 304 g/mol. The zero-order valence-corrected chi connectivity index (χ0v) is 12.5. The molecule has 0 saturated carbocycles. The highest BCUT2D eigenvalue weighted by atomic mass is 79.9. The Kier molecular flexibility index (Phi) is 3.89. The summed E-state index contributed by atoms with van der Waals surface area (Å²) >= 11 is 3.45. The molecule has 1 aromatic rings. The van der Waals surface area contributed by atoms with Crippen molar-refractivity contribution in [3.05, 3.63) is 34.3 Å². The number of carbonyl (C=O) groups is 1. The van der Waals surface area contributed by atoms with Gasteiger partial charge in [-0.3, -0.25) is 4.79 Å². The molecule has 2 aliphatic heterocycles. The summed E-state index contributed by atoms with van der Waals surface area (Å²) in [4.78, 5) is 14.4. The first kappa shape index (κ1) is 13.1. The van der Waals surface area contributed by atoms with Crippen LogP contribution in [-0.4, -0.2) is 36.5 Å². The molecule has 0 bridgehead atoms. The van der Waals surface area contributed by atoms with E-state index in [1.165, 1.54) is 12.8 Å². The monoisotopic (exact) mass is 322 g/mol. The van der Waals surface area contributed by atoms with Gasteiger partial charge in [0.2, 0.25) is 5.91 Å². The summed E-state index contributed by atoms with van der Waals surface area (Å²) in [5.74, 6) is 0.925. The minimum Gasteiger partial charge on any atom is -0.341 e. The van der Waals surface area contributed by atoms with Crippen LogP contribution < -0.4 is 5.32 Å². The van der Waals surface area contributed by atoms with Crippen molar-refractivity contribution < 1.29 is 4.79 Å². The van der Waals surface area contributed by atoms with Gasteiger partial charge >= 0.3 is 0 Å². The van der Waals surface area contributed by atoms with Gasteiger partial charge in [-0.05, 0) is 43.0 Å². The SMILES string of the molecule is O=C(Cc1cccc(Br)c1)N1C[C@@H]2CCCN[C@@H]2C1. The van der Waals surface area contributed by atoms with Crippen LogP contribution in [0.5, 0.6) is 0 Å². The fourth-order valence-corrected chi connectivity index (χ4v) is 3.63. The van der Waals surface area contributed by atoms with Crippen LogP contribution in [0.2, 0.25) is 0 Å². The highest BCUT2D eigenvalue weighted by Crippen LogP contribution is 2.25. The molecule has 1 N–H and O–H groups in total. The number of halogens is 1. The van der Waals surface area contributed by atoms with Gasteiger partial charge in [0.05, 0.1) is 6.42 Å². The summed E-state index contributed by atoms with van der Waals surface area (Å²) in [6.07, 6.45) is 3.02. The van der Waals surface area contributed by atoms with E-state index in [9.17, 15) is 4.79 Å². The standard InChI is InChI=1S/C15H19BrN2O/c16-13-5-1-3-11(7-13)8-15(19)18-9-12-4-2-6-17-14(12)10-18/h1,3,5,7,12,14,17H,2,4,6,8-10H2/t12-,14+/m0/s1. The number of benzene rings is 1. The first-order valence-electron chi connectivity index (χ1n) is 6.98. The highest BCUT2D eigenvalue weighted by Gasteiger charge is 2.36. The van der Waals surface area contributed by atoms with E-state index in [-0.39, 0.29) is 5.91 Å². The van der Waals surface area contributed by atoms with E-state index < -0.39 is 0 Å². The zero-order chi connectivity index (χ0) is 13.2. The molecule has 2 aliphatic rings. The lowest BCUT2D eigenvalue weighted by atomic mass is 9.94. The molecule has 3 nitrogen and oxygen atoms in total. The van der Waals surface area contributed by atoms with Crippen molar-refractivity contribution in [2.24, 2.45) is 5.92 Å². The van der Waals surface area contributed by atoms with Gasteiger partial charge in [0, 0.05) is 23.6 Å². The molecule has 3 rings (SSSR count). The molecule has 1 amide bonds. The summed E-state index contributed by atoms with van der Waals surface area (Å²) in [6.45, 7) is 2.93. The summed E-state index contributed by atoms with van der Waals surface area (Å²) < 4.78 is 1.04. The topological polar surface area (TPSA) is 32.3 Å². The smallest absolute Gasteiger partial charge is 0.227 e. The number of hydrogen-bond acceptors (Lipinski definition) is 2. The maximum absolute atomic E-state index is 12.4. The Labute approximate surface area is 122 Å². The predicted octanol–water partition coefficient (Wildman–Crippen LogP) is 2.20. The molecule has 19 heavy (non-hydrogen) atoms. The number of likely N-dealkylation sites (tertiary alicyclic amines) is 1. The predicted molar refractivity (Wildman–Crippen MR) is 78.9 cm³/mol. The second kappa shape index (κ2) is 5.63. The molecule has 2 atom stereocenters. The van der Waals surface area contributed by atoms with Crippen molar-refractivity contribution in [1.29, 1.82) is 0 Å². The molecule has 0 spiro atoms. The Morgan fingerprint density at radius 1 is 1.42 bits per heavy atom. The lowest BCUT2D eigenvalue weighted by Gasteiger charge is -2.24. The van der Waals surface area contributed by atoms with Gasteiger partial charge in [0.15, 0.2) is 0 Å². The van der Waals surface area contributed by atoms with Crippen LogP contribution in [0.25, 0.3) is 0 Å². The minimum atomic E-state index is 0.259. The second-order valence-corrected chi connectivity index (χ2v) is 6.48. The van der Waals surface area contributed by atoms with Gasteiger partial charge < -0.3 is 10.2 Å². The molecule has 0 aliphatic carbocycles. The van der Waals surface area contributed by atoms with E-state index in [4.69, 9.17) is 0 Å². The normalized spacial score (nSPS) is 26.3. The fourth-order valence-electron chi connectivity index (χ4n) is 3.18. The van der Waals surface area contributed by atoms with E-state index in [1.807, 2.05) is 29.2 Å². The number of rotatable bonds is 2. The molecular formula is C15H19BrN2O. The maximum atomic E-state index is 12.4. The van der Waals surface area contributed by atoms with Gasteiger partial charge in [-0.25, -0.2) is 0 Å². The van der Waals surface area contributed by atoms with Crippen LogP contribution in [0.3, 0.4) is 0 Å². The van der Waals surface area contributed by atoms with Crippen molar-refractivity contribution in [3.8, 4) is 0 Å². The Morgan fingerprint density at radius 3 is 3.11 bits per heavy atom. The Bertz CT molecular complexity index is 463. The Hall–Kier alpha value is -0.870. The summed E-state index contributed by atoms with van der Waals surface area (Å²) in [7, 11) is 0. The van der Waals surface area contributed by atoms with Crippen molar-refractivity contribution in [1.82, 2.24) is 10.2 Å². The van der Waals surface area contributed by atoms with Crippen LogP contribution in [0, 0.1) is 5.92 Å². The molecule has 0 unspecified atom stereocenters. The Balaban J connectivity index is 1.62. The summed E-state index contributed by atoms with van der Waals surface area (Å²) in [5.41, 5.74) is 1.09. The van der Waals surface area contributed by atoms with Gasteiger partial charge in [-0.15, -0.1) is 0 Å². The first-order chi connectivity index (χ1) is 9.22. The van der Waals surface area contributed by atoms with Crippen LogP contribution in [-0.2, 0) is 11.2 Å². The molecule has 2 fully saturated rings. The van der Waals surface area contributed by atoms with Crippen LogP contribution in [0.1, 0.15) is 18.4 Å². The third-order valence-electron chi connectivity index (χ3n) is 4.20. The van der Waals surface area contributed by atoms with Crippen LogP contribution in [0.15, 0.2) is 28.7 Å². The van der Waals surface area contributed by atoms with E-state index >= 15 is 0 Å². The zero-order valence-electron chi connectivity index (χ0n) is 10.9. The highest BCUT2D eigenvalue weighted by molar-refractivity contribution is 9.10. The van der Waals surface area contributed by atoms with Gasteiger partial charge in [-0.2, -0.15) is 0 Å². The van der Waals surface area contributed by atoms with E-state index in [2.05, 4.69) is 21.2 Å². The Morgan fingerprint density at radius 2 is 2.32 bits per heavy atom. The number of hydrogen-bond donors (Lipinski definition) is 1. The van der Waals surface area contributed by atoms with Crippen molar-refractivity contribution in [2.75, 3.05) is 19.6 Å². The maximum Gasteiger partial charge on any atom is 0.227 e. The van der Waals surface area contributed by atoms with Crippen LogP contribution in [0.4, 0.5) is 0 Å². The molecule has 0 aromatic heterocycles. The summed E-state index contributed by atoms with van der Waals surface area (Å²) in [5, 5.41) is 3.54. The number of piperidine rings is 1. The van der Waals surface area contributed by atoms with Crippen LogP contribution >= 0.6 is 15.9 Å². The molecule has 102 valence electrons. The first-order valence-corrected chi connectivity index (χ1v) is 7.77. The minimum absolute atomic E-state index is 0.259. The average molecular weight is 323 g/mol. The average Bonchev–Trinajstić information content (AvgIpc) is 2.82. The lowest BCUT2D eigenvalue weighted by molar-refractivity contribution is -0.129. The fraction of sp³-hybridized carbons (Fsp3) is 0.533. The quantitative estimate of drug-likeness (QED) is 0.905. The number of amides is 1. The lowest BCUT2D eigenvalue weighted by Crippen LogP contribution is -2.41. The number of nitrogens with one attached hydrogen (secondary N) is 1. The number of carbonyl (C=O) groups excluding carboxylic acids is 1. The van der Waals surface area contributed by atoms with Crippen molar-refractivity contribution >= 4 is 21.8 Å². The van der Waals surface area contributed by atoms with Gasteiger partial charge in [0.25, 0.3) is 0 Å². The molecule has 1 aromatic carbocycles. The number of nitrogens with zero attached hydrogens (tertiary/aromatic N) is 1. The number of fused-ring (bicyclic) bond motifs is 1. The third kappa shape index (κ3) is 3.00. The van der Waals surface area contributed by atoms with Crippen molar-refractivity contribution in [2.45, 2.75) is 25.3 Å². The van der Waals surface area contributed by atoms with E-state index in [0.29, 0.717) is 18.4 Å². The molecule has 4 heteroatoms. The van der Waals surface area contributed by atoms with Crippen molar-refractivity contribution in [3.63, 3.8) is 0 Å². The van der Waals surface area contributed by atoms with Gasteiger partial charge in [-0.1, -0.05) is 28.1 Å². The largest absolute Gasteiger partial charge is 0.341 e. The van der Waals surface area contributed by atoms with Gasteiger partial charge in [0.1, 0.15) is 0 Å². The van der Waals surface area contributed by atoms with E-state index in [0.717, 1.165) is 29.7 Å². The van der Waals surface area contributed by atoms with E-state index in [1.54, 1.807) is 0 Å². The summed E-state index contributed by atoms with van der Waals surface area (Å²) in [6, 6.07) is 8.55. The molecule has 2 saturated heterocycles. The molecule has 2 heterocycles. The second-order valence-electron chi connectivity index (χ2n) is 5.57. The third-order valence-corrected chi connectivity index (χ3v) is 4.69.